The van der Waals surface area contributed by atoms with Crippen molar-refractivity contribution in [1.82, 2.24) is 0 Å². The first kappa shape index (κ1) is 17.0. The smallest absolute Gasteiger partial charge is 0.320 e. The maximum Gasteiger partial charge on any atom is 0.320 e. The number of nitrogens with two attached hydrogens (primary N) is 2. The predicted molar refractivity (Wildman–Crippen MR) is 92.2 cm³/mol. The Balaban J connectivity index is 0.000000175. The summed E-state index contributed by atoms with van der Waals surface area (Å²) in [6.07, 6.45) is 2.16. The highest BCUT2D eigenvalue weighted by atomic mass is 16.4. The molecule has 0 saturated carbocycles. The number of fused-ring (bicyclic) bond motifs is 3. The Kier molecular flexibility index (Phi) is 6.14. The summed E-state index contributed by atoms with van der Waals surface area (Å²) in [4.78, 5) is 10.1. The van der Waals surface area contributed by atoms with Crippen LogP contribution >= 0.6 is 0 Å². The van der Waals surface area contributed by atoms with Crippen molar-refractivity contribution < 1.29 is 14.3 Å². The molecule has 0 radical (unpaired) electrons. The van der Waals surface area contributed by atoms with E-state index in [1.807, 2.05) is 36.4 Å². The van der Waals surface area contributed by atoms with Gasteiger partial charge >= 0.3 is 5.97 Å². The predicted octanol–water partition coefficient (Wildman–Crippen LogP) is 3.11. The van der Waals surface area contributed by atoms with Crippen LogP contribution in [0.5, 0.6) is 0 Å². The lowest BCUT2D eigenvalue weighted by atomic mass is 10.1. The zero-order valence-corrected chi connectivity index (χ0v) is 12.9. The van der Waals surface area contributed by atoms with Crippen LogP contribution < -0.4 is 11.5 Å². The van der Waals surface area contributed by atoms with E-state index in [2.05, 4.69) is 12.1 Å². The van der Waals surface area contributed by atoms with Gasteiger partial charge in [-0.25, -0.2) is 0 Å². The van der Waals surface area contributed by atoms with Crippen LogP contribution in [0.15, 0.2) is 52.9 Å². The van der Waals surface area contributed by atoms with Gasteiger partial charge in [-0.1, -0.05) is 42.8 Å². The van der Waals surface area contributed by atoms with Crippen LogP contribution in [0.3, 0.4) is 0 Å². The monoisotopic (exact) mass is 314 g/mol. The Morgan fingerprint density at radius 2 is 1.52 bits per heavy atom. The van der Waals surface area contributed by atoms with Crippen molar-refractivity contribution in [2.24, 2.45) is 11.5 Å². The number of hydrogen-bond donors (Lipinski definition) is 3. The normalized spacial score (nSPS) is 11.9. The average molecular weight is 314 g/mol. The van der Waals surface area contributed by atoms with Crippen LogP contribution in [0.25, 0.3) is 21.9 Å². The topological polar surface area (TPSA) is 102 Å². The van der Waals surface area contributed by atoms with E-state index >= 15 is 0 Å². The van der Waals surface area contributed by atoms with Crippen LogP contribution in [0, 0.1) is 0 Å². The molecule has 2 aromatic carbocycles. The third-order valence-electron chi connectivity index (χ3n) is 3.57. The zero-order chi connectivity index (χ0) is 16.7. The maximum atomic E-state index is 10.1. The Hall–Kier alpha value is -2.37. The molecular formula is C18H22N2O3. The van der Waals surface area contributed by atoms with Gasteiger partial charge in [0.2, 0.25) is 0 Å². The number of carboxylic acid groups (broad SMARTS) is 1. The van der Waals surface area contributed by atoms with Crippen molar-refractivity contribution in [2.45, 2.75) is 25.3 Å². The molecular weight excluding hydrogens is 292 g/mol. The van der Waals surface area contributed by atoms with E-state index in [4.69, 9.17) is 21.0 Å². The maximum absolute atomic E-state index is 10.1. The molecule has 5 N–H and O–H groups in total. The van der Waals surface area contributed by atoms with Gasteiger partial charge in [0.15, 0.2) is 0 Å². The molecule has 0 amide bonds. The average Bonchev–Trinajstić information content (AvgIpc) is 2.94. The SMILES string of the molecule is NCCCC[C@H](N)C(=O)O.c1ccc2c(c1)oc1ccccc12. The van der Waals surface area contributed by atoms with Crippen molar-refractivity contribution in [3.8, 4) is 0 Å². The molecule has 0 unspecified atom stereocenters. The van der Waals surface area contributed by atoms with Gasteiger partial charge in [0.05, 0.1) is 0 Å². The van der Waals surface area contributed by atoms with Crippen LogP contribution in [0.2, 0.25) is 0 Å². The number of carboxylic acids is 1. The number of furan rings is 1. The minimum Gasteiger partial charge on any atom is -0.480 e. The van der Waals surface area contributed by atoms with Gasteiger partial charge in [-0.15, -0.1) is 0 Å². The number of hydrogen-bond acceptors (Lipinski definition) is 4. The number of rotatable bonds is 5. The molecule has 0 spiro atoms. The van der Waals surface area contributed by atoms with E-state index < -0.39 is 12.0 Å². The molecule has 3 aromatic rings. The molecule has 0 saturated heterocycles. The number of aliphatic carboxylic acids is 1. The highest BCUT2D eigenvalue weighted by Gasteiger charge is 2.09. The highest BCUT2D eigenvalue weighted by molar-refractivity contribution is 6.04. The third-order valence-corrected chi connectivity index (χ3v) is 3.57. The van der Waals surface area contributed by atoms with E-state index in [0.29, 0.717) is 13.0 Å². The number of para-hydroxylation sites is 2. The van der Waals surface area contributed by atoms with E-state index in [1.54, 1.807) is 0 Å². The quantitative estimate of drug-likeness (QED) is 0.628. The fraction of sp³-hybridized carbons (Fsp3) is 0.278. The van der Waals surface area contributed by atoms with Gasteiger partial charge in [-0.2, -0.15) is 0 Å². The fourth-order valence-corrected chi connectivity index (χ4v) is 2.31. The van der Waals surface area contributed by atoms with E-state index in [-0.39, 0.29) is 0 Å². The summed E-state index contributed by atoms with van der Waals surface area (Å²) >= 11 is 0. The Labute approximate surface area is 134 Å². The zero-order valence-electron chi connectivity index (χ0n) is 12.9. The molecule has 0 bridgehead atoms. The van der Waals surface area contributed by atoms with Gasteiger partial charge in [0.1, 0.15) is 17.2 Å². The summed E-state index contributed by atoms with van der Waals surface area (Å²) < 4.78 is 5.65. The van der Waals surface area contributed by atoms with Crippen molar-refractivity contribution in [3.05, 3.63) is 48.5 Å². The molecule has 1 heterocycles. The summed E-state index contributed by atoms with van der Waals surface area (Å²) in [6.45, 7) is 0.604. The number of benzene rings is 2. The molecule has 1 atom stereocenters. The lowest BCUT2D eigenvalue weighted by molar-refractivity contribution is -0.138. The molecule has 0 aliphatic heterocycles. The summed E-state index contributed by atoms with van der Waals surface area (Å²) in [6, 6.07) is 15.5. The minimum absolute atomic E-state index is 0.520. The molecule has 1 aromatic heterocycles. The highest BCUT2D eigenvalue weighted by Crippen LogP contribution is 2.27. The molecule has 0 aliphatic carbocycles. The van der Waals surface area contributed by atoms with Gasteiger partial charge in [-0.3, -0.25) is 4.79 Å². The van der Waals surface area contributed by atoms with Crippen LogP contribution in [0.1, 0.15) is 19.3 Å². The fourth-order valence-electron chi connectivity index (χ4n) is 2.31. The number of carbonyl (C=O) groups is 1. The van der Waals surface area contributed by atoms with Crippen molar-refractivity contribution >= 4 is 27.9 Å². The molecule has 5 nitrogen and oxygen atoms in total. The van der Waals surface area contributed by atoms with Crippen LogP contribution in [-0.2, 0) is 4.79 Å². The van der Waals surface area contributed by atoms with E-state index in [1.165, 1.54) is 10.8 Å². The molecule has 122 valence electrons. The summed E-state index contributed by atoms with van der Waals surface area (Å²) in [5.41, 5.74) is 12.3. The standard InChI is InChI=1S/C12H8O.C6H14N2O2/c1-3-7-11-9(5-1)10-6-2-4-8-12(10)13-11;7-4-2-1-3-5(8)6(9)10/h1-8H;5H,1-4,7-8H2,(H,9,10)/t;5-/m.0/s1. The molecule has 23 heavy (non-hydrogen) atoms. The second kappa shape index (κ2) is 8.31. The van der Waals surface area contributed by atoms with Gasteiger partial charge in [0, 0.05) is 10.8 Å². The Morgan fingerprint density at radius 1 is 1.00 bits per heavy atom. The minimum atomic E-state index is -0.933. The second-order valence-corrected chi connectivity index (χ2v) is 5.32. The molecule has 3 rings (SSSR count). The van der Waals surface area contributed by atoms with Crippen molar-refractivity contribution in [3.63, 3.8) is 0 Å². The van der Waals surface area contributed by atoms with Gasteiger partial charge < -0.3 is 21.0 Å². The van der Waals surface area contributed by atoms with Gasteiger partial charge in [-0.05, 0) is 31.5 Å². The Bertz CT molecular complexity index is 717. The van der Waals surface area contributed by atoms with E-state index in [9.17, 15) is 4.79 Å². The molecule has 0 aliphatic rings. The van der Waals surface area contributed by atoms with E-state index in [0.717, 1.165) is 24.0 Å². The second-order valence-electron chi connectivity index (χ2n) is 5.32. The third kappa shape index (κ3) is 4.55. The first-order valence-electron chi connectivity index (χ1n) is 7.68. The number of unbranched alkanes of at least 4 members (excludes halogenated alkanes) is 1. The van der Waals surface area contributed by atoms with Gasteiger partial charge in [0.25, 0.3) is 0 Å². The Morgan fingerprint density at radius 3 is 2.00 bits per heavy atom. The molecule has 5 heteroatoms. The van der Waals surface area contributed by atoms with Crippen LogP contribution in [0.4, 0.5) is 0 Å². The first-order valence-corrected chi connectivity index (χ1v) is 7.68. The lowest BCUT2D eigenvalue weighted by Gasteiger charge is -2.03. The summed E-state index contributed by atoms with van der Waals surface area (Å²) in [5.74, 6) is -0.933. The largest absolute Gasteiger partial charge is 0.480 e. The van der Waals surface area contributed by atoms with Crippen molar-refractivity contribution in [1.29, 1.82) is 0 Å². The van der Waals surface area contributed by atoms with Crippen molar-refractivity contribution in [2.75, 3.05) is 6.54 Å². The summed E-state index contributed by atoms with van der Waals surface area (Å²) in [7, 11) is 0. The summed E-state index contributed by atoms with van der Waals surface area (Å²) in [5, 5.41) is 10.7. The molecule has 0 fully saturated rings. The lowest BCUT2D eigenvalue weighted by Crippen LogP contribution is -2.29. The van der Waals surface area contributed by atoms with Crippen LogP contribution in [-0.4, -0.2) is 23.7 Å². The first-order chi connectivity index (χ1) is 11.1.